The summed E-state index contributed by atoms with van der Waals surface area (Å²) in [7, 11) is -1.35. The molecule has 309 valence electrons. The fourth-order valence-corrected chi connectivity index (χ4v) is 9.93. The standard InChI is InChI=1S/C37H23N2O.C19H26NSi.Ir/c1-3-12-25(13-4-1)27-22-23-28(26-14-5-2-6-15-26)34(24-27)39-33-20-9-8-19-32(33)38-37(39)31-18-11-17-30-29-16-7-10-21-35(29)40-36(30)31;1-14(2)10-17-12-18(16-9-7-8-15(3)11-16)20-13-19(17)21(4,5)6;/h1-17,19-24H;7-8,11-14H,10H2,1-6H3;/q2*-1;. The fourth-order valence-electron chi connectivity index (χ4n) is 8.34. The fraction of sp³-hybridized carbons (Fsp3) is 0.143. The van der Waals surface area contributed by atoms with Gasteiger partial charge in [-0.25, -0.2) is 0 Å². The van der Waals surface area contributed by atoms with Crippen LogP contribution >= 0.6 is 0 Å². The summed E-state index contributed by atoms with van der Waals surface area (Å²) in [5.41, 5.74) is 15.0. The molecule has 0 unspecified atom stereocenters. The van der Waals surface area contributed by atoms with E-state index in [0.29, 0.717) is 5.92 Å². The SMILES string of the molecule is Cc1cc[c-]c(-c2cc(CC(C)C)c([Si](C)(C)C)cn2)c1.[Ir].[c-]1ccc2c(oc3ccccc32)c1-c1nc2ccccc2n1-c1cc(-c2ccccc2)ccc1-c1ccccc1. The van der Waals surface area contributed by atoms with Gasteiger partial charge >= 0.3 is 0 Å². The molecule has 10 aromatic rings. The van der Waals surface area contributed by atoms with Gasteiger partial charge in [0.25, 0.3) is 0 Å². The predicted octanol–water partition coefficient (Wildman–Crippen LogP) is 14.3. The van der Waals surface area contributed by atoms with Crippen LogP contribution in [-0.2, 0) is 26.5 Å². The summed E-state index contributed by atoms with van der Waals surface area (Å²) in [6.45, 7) is 13.9. The Kier molecular flexibility index (Phi) is 12.4. The number of aromatic nitrogens is 3. The predicted molar refractivity (Wildman–Crippen MR) is 258 cm³/mol. The monoisotopic (exact) mass is 1000 g/mol. The zero-order valence-corrected chi connectivity index (χ0v) is 39.4. The van der Waals surface area contributed by atoms with E-state index < -0.39 is 8.07 Å². The number of pyridine rings is 1. The number of rotatable bonds is 8. The number of hydrogen-bond acceptors (Lipinski definition) is 3. The zero-order chi connectivity index (χ0) is 42.1. The molecular formula is C56H49IrN3OSi-2. The van der Waals surface area contributed by atoms with Crippen molar-refractivity contribution in [2.75, 3.05) is 0 Å². The zero-order valence-electron chi connectivity index (χ0n) is 36.0. The Morgan fingerprint density at radius 2 is 1.37 bits per heavy atom. The first-order valence-electron chi connectivity index (χ1n) is 21.2. The number of imidazole rings is 1. The van der Waals surface area contributed by atoms with Crippen molar-refractivity contribution < 1.29 is 24.5 Å². The Bertz CT molecular complexity index is 3140. The summed E-state index contributed by atoms with van der Waals surface area (Å²) in [6.07, 6.45) is 3.25. The van der Waals surface area contributed by atoms with Crippen molar-refractivity contribution in [3.05, 3.63) is 193 Å². The minimum absolute atomic E-state index is 0. The summed E-state index contributed by atoms with van der Waals surface area (Å²) >= 11 is 0. The van der Waals surface area contributed by atoms with Crippen LogP contribution in [0.2, 0.25) is 19.6 Å². The molecule has 7 aromatic carbocycles. The number of nitrogens with zero attached hydrogens (tertiary/aromatic N) is 3. The van der Waals surface area contributed by atoms with Crippen LogP contribution in [-0.4, -0.2) is 22.6 Å². The van der Waals surface area contributed by atoms with E-state index in [-0.39, 0.29) is 20.1 Å². The molecule has 0 bridgehead atoms. The summed E-state index contributed by atoms with van der Waals surface area (Å²) in [5, 5.41) is 3.64. The third-order valence-corrected chi connectivity index (χ3v) is 13.3. The number of aryl methyl sites for hydroxylation is 1. The van der Waals surface area contributed by atoms with Crippen molar-refractivity contribution in [1.29, 1.82) is 0 Å². The van der Waals surface area contributed by atoms with Crippen LogP contribution in [0.5, 0.6) is 0 Å². The Morgan fingerprint density at radius 3 is 2.11 bits per heavy atom. The van der Waals surface area contributed by atoms with E-state index in [4.69, 9.17) is 14.4 Å². The van der Waals surface area contributed by atoms with E-state index in [1.807, 2.05) is 42.5 Å². The number of hydrogen-bond donors (Lipinski definition) is 0. The summed E-state index contributed by atoms with van der Waals surface area (Å²) in [4.78, 5) is 9.92. The molecule has 0 fully saturated rings. The first-order chi connectivity index (χ1) is 29.6. The molecule has 0 aliphatic heterocycles. The van der Waals surface area contributed by atoms with Gasteiger partial charge in [0.05, 0.1) is 30.5 Å². The van der Waals surface area contributed by atoms with Gasteiger partial charge in [-0.3, -0.25) is 4.98 Å². The number of furan rings is 1. The molecule has 0 amide bonds. The number of para-hydroxylation sites is 3. The van der Waals surface area contributed by atoms with Crippen LogP contribution in [0.15, 0.2) is 174 Å². The molecule has 0 aliphatic rings. The topological polar surface area (TPSA) is 43.9 Å². The van der Waals surface area contributed by atoms with Gasteiger partial charge in [-0.05, 0) is 64.2 Å². The quantitative estimate of drug-likeness (QED) is 0.113. The normalized spacial score (nSPS) is 11.5. The average molecular weight is 1000 g/mol. The summed E-state index contributed by atoms with van der Waals surface area (Å²) < 4.78 is 8.71. The molecule has 0 spiro atoms. The average Bonchev–Trinajstić information content (AvgIpc) is 3.85. The second-order valence-electron chi connectivity index (χ2n) is 17.3. The van der Waals surface area contributed by atoms with Crippen molar-refractivity contribution in [3.8, 4) is 50.6 Å². The molecule has 62 heavy (non-hydrogen) atoms. The maximum atomic E-state index is 6.45. The molecule has 0 saturated heterocycles. The van der Waals surface area contributed by atoms with Crippen molar-refractivity contribution >= 4 is 46.2 Å². The molecule has 3 aromatic heterocycles. The van der Waals surface area contributed by atoms with Crippen molar-refractivity contribution in [3.63, 3.8) is 0 Å². The summed E-state index contributed by atoms with van der Waals surface area (Å²) in [6, 6.07) is 63.6. The minimum atomic E-state index is -1.35. The van der Waals surface area contributed by atoms with E-state index in [9.17, 15) is 0 Å². The Balaban J connectivity index is 0.000000205. The van der Waals surface area contributed by atoms with Gasteiger partial charge in [0.2, 0.25) is 0 Å². The van der Waals surface area contributed by atoms with Crippen LogP contribution in [0.25, 0.3) is 83.6 Å². The molecular weight excluding hydrogens is 951 g/mol. The maximum absolute atomic E-state index is 6.45. The minimum Gasteiger partial charge on any atom is -0.501 e. The van der Waals surface area contributed by atoms with Gasteiger partial charge in [-0.2, -0.15) is 0 Å². The van der Waals surface area contributed by atoms with Gasteiger partial charge < -0.3 is 14.0 Å². The van der Waals surface area contributed by atoms with Crippen molar-refractivity contribution in [1.82, 2.24) is 14.5 Å². The van der Waals surface area contributed by atoms with Crippen LogP contribution in [0.3, 0.4) is 0 Å². The largest absolute Gasteiger partial charge is 0.501 e. The maximum Gasteiger partial charge on any atom is 0.120 e. The van der Waals surface area contributed by atoms with Gasteiger partial charge in [0, 0.05) is 42.9 Å². The molecule has 10 rings (SSSR count). The summed E-state index contributed by atoms with van der Waals surface area (Å²) in [5.74, 6) is 1.46. The van der Waals surface area contributed by atoms with E-state index in [1.54, 1.807) is 0 Å². The van der Waals surface area contributed by atoms with E-state index >= 15 is 0 Å². The Morgan fingerprint density at radius 1 is 0.677 bits per heavy atom. The van der Waals surface area contributed by atoms with Gasteiger partial charge in [-0.15, -0.1) is 53.6 Å². The molecule has 0 N–H and O–H groups in total. The first kappa shape index (κ1) is 42.5. The third-order valence-electron chi connectivity index (χ3n) is 11.2. The van der Waals surface area contributed by atoms with Crippen LogP contribution in [0.1, 0.15) is 25.0 Å². The Hall–Kier alpha value is -6.17. The molecule has 3 heterocycles. The van der Waals surface area contributed by atoms with Crippen LogP contribution in [0.4, 0.5) is 0 Å². The van der Waals surface area contributed by atoms with E-state index in [1.165, 1.54) is 21.9 Å². The van der Waals surface area contributed by atoms with Gasteiger partial charge in [-0.1, -0.05) is 166 Å². The molecule has 6 heteroatoms. The second-order valence-corrected chi connectivity index (χ2v) is 22.3. The molecule has 1 radical (unpaired) electrons. The number of fused-ring (bicyclic) bond motifs is 4. The first-order valence-corrected chi connectivity index (χ1v) is 24.7. The van der Waals surface area contributed by atoms with Gasteiger partial charge in [0.15, 0.2) is 0 Å². The van der Waals surface area contributed by atoms with E-state index in [2.05, 4.69) is 185 Å². The smallest absolute Gasteiger partial charge is 0.120 e. The Labute approximate surface area is 379 Å². The molecule has 4 nitrogen and oxygen atoms in total. The van der Waals surface area contributed by atoms with Crippen molar-refractivity contribution in [2.45, 2.75) is 46.8 Å². The van der Waals surface area contributed by atoms with Crippen LogP contribution in [0, 0.1) is 25.0 Å². The molecule has 0 atom stereocenters. The number of benzene rings is 7. The van der Waals surface area contributed by atoms with Gasteiger partial charge in [0.1, 0.15) is 5.58 Å². The third kappa shape index (κ3) is 8.64. The molecule has 0 aliphatic carbocycles. The van der Waals surface area contributed by atoms with Crippen LogP contribution < -0.4 is 5.19 Å². The van der Waals surface area contributed by atoms with Crippen molar-refractivity contribution in [2.24, 2.45) is 5.92 Å². The van der Waals surface area contributed by atoms with E-state index in [0.717, 1.165) is 84.4 Å². The second kappa shape index (κ2) is 18.0. The molecule has 0 saturated carbocycles.